The lowest BCUT2D eigenvalue weighted by Crippen LogP contribution is -2.23. The summed E-state index contributed by atoms with van der Waals surface area (Å²) < 4.78 is 43.0. The number of nitrogens with one attached hydrogen (secondary N) is 1. The average molecular weight is 278 g/mol. The van der Waals surface area contributed by atoms with E-state index in [0.717, 1.165) is 6.07 Å². The molecule has 0 radical (unpaired) electrons. The second kappa shape index (κ2) is 6.55. The van der Waals surface area contributed by atoms with Gasteiger partial charge in [0.15, 0.2) is 5.69 Å². The average Bonchev–Trinajstić information content (AvgIpc) is 2.37. The molecular weight excluding hydrogens is 261 g/mol. The molecule has 0 aliphatic heterocycles. The van der Waals surface area contributed by atoms with Crippen molar-refractivity contribution in [1.82, 2.24) is 9.97 Å². The number of alkyl halides is 3. The Morgan fingerprint density at radius 2 is 2.05 bits per heavy atom. The summed E-state index contributed by atoms with van der Waals surface area (Å²) in [5, 5.41) is 2.53. The number of methoxy groups -OCH3 is 1. The van der Waals surface area contributed by atoms with Crippen LogP contribution in [0.2, 0.25) is 0 Å². The van der Waals surface area contributed by atoms with Crippen LogP contribution in [0.3, 0.4) is 0 Å². The molecule has 0 aromatic carbocycles. The molecule has 0 aliphatic rings. The molecule has 0 aliphatic carbocycles. The van der Waals surface area contributed by atoms with Gasteiger partial charge in [-0.3, -0.25) is 0 Å². The van der Waals surface area contributed by atoms with Gasteiger partial charge in [0.05, 0.1) is 0 Å². The number of aromatic nitrogens is 2. The van der Waals surface area contributed by atoms with Gasteiger partial charge in [0.1, 0.15) is 5.82 Å². The highest BCUT2D eigenvalue weighted by Gasteiger charge is 2.34. The van der Waals surface area contributed by atoms with Crippen molar-refractivity contribution in [2.75, 3.05) is 44.6 Å². The molecule has 0 fully saturated rings. The maximum atomic E-state index is 12.7. The van der Waals surface area contributed by atoms with Gasteiger partial charge in [0.25, 0.3) is 0 Å². The van der Waals surface area contributed by atoms with Crippen molar-refractivity contribution in [2.45, 2.75) is 12.6 Å². The van der Waals surface area contributed by atoms with Crippen LogP contribution in [0.1, 0.15) is 12.1 Å². The minimum absolute atomic E-state index is 0.0524. The van der Waals surface area contributed by atoms with E-state index in [9.17, 15) is 13.2 Å². The third-order valence-corrected chi connectivity index (χ3v) is 2.46. The van der Waals surface area contributed by atoms with Crippen molar-refractivity contribution in [2.24, 2.45) is 0 Å². The highest BCUT2D eigenvalue weighted by Crippen LogP contribution is 2.30. The molecule has 1 N–H and O–H groups in total. The number of anilines is 2. The van der Waals surface area contributed by atoms with E-state index < -0.39 is 11.9 Å². The summed E-state index contributed by atoms with van der Waals surface area (Å²) in [6, 6.07) is 0.938. The Kier molecular flexibility index (Phi) is 5.34. The SMILES string of the molecule is CNc1nc(N(C)CCCOC)cc(C(F)(F)F)n1. The van der Waals surface area contributed by atoms with E-state index in [1.807, 2.05) is 0 Å². The largest absolute Gasteiger partial charge is 0.433 e. The third-order valence-electron chi connectivity index (χ3n) is 2.46. The Morgan fingerprint density at radius 3 is 2.58 bits per heavy atom. The van der Waals surface area contributed by atoms with Gasteiger partial charge in [-0.05, 0) is 6.42 Å². The molecule has 0 unspecified atom stereocenters. The molecule has 0 bridgehead atoms. The van der Waals surface area contributed by atoms with Gasteiger partial charge in [-0.1, -0.05) is 0 Å². The van der Waals surface area contributed by atoms with Gasteiger partial charge in [0, 0.05) is 40.4 Å². The van der Waals surface area contributed by atoms with Crippen LogP contribution in [0.15, 0.2) is 6.07 Å². The third kappa shape index (κ3) is 4.55. The van der Waals surface area contributed by atoms with E-state index in [1.54, 1.807) is 19.1 Å². The fourth-order valence-corrected chi connectivity index (χ4v) is 1.45. The Balaban J connectivity index is 2.93. The van der Waals surface area contributed by atoms with Gasteiger partial charge < -0.3 is 15.0 Å². The molecule has 1 aromatic rings. The van der Waals surface area contributed by atoms with E-state index in [-0.39, 0.29) is 11.8 Å². The first kappa shape index (κ1) is 15.5. The van der Waals surface area contributed by atoms with Crippen molar-refractivity contribution in [3.8, 4) is 0 Å². The van der Waals surface area contributed by atoms with E-state index in [4.69, 9.17) is 4.74 Å². The summed E-state index contributed by atoms with van der Waals surface area (Å²) in [5.74, 6) is 0.172. The molecule has 0 saturated heterocycles. The van der Waals surface area contributed by atoms with Crippen molar-refractivity contribution in [3.05, 3.63) is 11.8 Å². The zero-order chi connectivity index (χ0) is 14.5. The lowest BCUT2D eigenvalue weighted by atomic mass is 10.3. The summed E-state index contributed by atoms with van der Waals surface area (Å²) in [6.45, 7) is 1.09. The fraction of sp³-hybridized carbons (Fsp3) is 0.636. The van der Waals surface area contributed by atoms with Crippen LogP contribution < -0.4 is 10.2 Å². The zero-order valence-corrected chi connectivity index (χ0v) is 11.1. The second-order valence-electron chi connectivity index (χ2n) is 3.95. The molecular formula is C11H17F3N4O. The first-order valence-electron chi connectivity index (χ1n) is 5.72. The summed E-state index contributed by atoms with van der Waals surface area (Å²) in [5.41, 5.74) is -0.958. The van der Waals surface area contributed by atoms with Crippen LogP contribution in [-0.4, -0.2) is 44.3 Å². The first-order valence-corrected chi connectivity index (χ1v) is 5.72. The highest BCUT2D eigenvalue weighted by molar-refractivity contribution is 5.44. The highest BCUT2D eigenvalue weighted by atomic mass is 19.4. The molecule has 0 amide bonds. The Morgan fingerprint density at radius 1 is 1.37 bits per heavy atom. The standard InChI is InChI=1S/C11H17F3N4O/c1-15-10-16-8(11(12,13)14)7-9(17-10)18(2)5-4-6-19-3/h7H,4-6H2,1-3H3,(H,15,16,17). The Bertz CT molecular complexity index is 411. The summed E-state index contributed by atoms with van der Waals surface area (Å²) in [6.07, 6.45) is -3.79. The minimum atomic E-state index is -4.49. The molecule has 1 aromatic heterocycles. The molecule has 108 valence electrons. The predicted octanol–water partition coefficient (Wildman–Crippen LogP) is 2.01. The van der Waals surface area contributed by atoms with Gasteiger partial charge in [-0.15, -0.1) is 0 Å². The zero-order valence-electron chi connectivity index (χ0n) is 11.1. The van der Waals surface area contributed by atoms with Crippen molar-refractivity contribution >= 4 is 11.8 Å². The van der Waals surface area contributed by atoms with Crippen LogP contribution in [0.5, 0.6) is 0 Å². The molecule has 1 heterocycles. The number of nitrogens with zero attached hydrogens (tertiary/aromatic N) is 3. The quantitative estimate of drug-likeness (QED) is 0.807. The van der Waals surface area contributed by atoms with E-state index in [0.29, 0.717) is 19.6 Å². The molecule has 19 heavy (non-hydrogen) atoms. The van der Waals surface area contributed by atoms with Gasteiger partial charge in [0.2, 0.25) is 5.95 Å². The lowest BCUT2D eigenvalue weighted by molar-refractivity contribution is -0.141. The van der Waals surface area contributed by atoms with Crippen LogP contribution in [0.4, 0.5) is 24.9 Å². The molecule has 0 atom stereocenters. The maximum Gasteiger partial charge on any atom is 0.433 e. The van der Waals surface area contributed by atoms with Gasteiger partial charge in [-0.2, -0.15) is 18.2 Å². The van der Waals surface area contributed by atoms with E-state index in [1.165, 1.54) is 7.05 Å². The van der Waals surface area contributed by atoms with Gasteiger partial charge in [-0.25, -0.2) is 4.98 Å². The minimum Gasteiger partial charge on any atom is -0.385 e. The molecule has 0 spiro atoms. The molecule has 0 saturated carbocycles. The second-order valence-corrected chi connectivity index (χ2v) is 3.95. The first-order chi connectivity index (χ1) is 8.88. The number of ether oxygens (including phenoxy) is 1. The number of rotatable bonds is 6. The van der Waals surface area contributed by atoms with Crippen molar-refractivity contribution < 1.29 is 17.9 Å². The van der Waals surface area contributed by atoms with Crippen molar-refractivity contribution in [1.29, 1.82) is 0 Å². The predicted molar refractivity (Wildman–Crippen MR) is 66.3 cm³/mol. The summed E-state index contributed by atoms with van der Waals surface area (Å²) in [7, 11) is 4.73. The Hall–Kier alpha value is -1.57. The van der Waals surface area contributed by atoms with Crippen molar-refractivity contribution in [3.63, 3.8) is 0 Å². The van der Waals surface area contributed by atoms with E-state index >= 15 is 0 Å². The fourth-order valence-electron chi connectivity index (χ4n) is 1.45. The summed E-state index contributed by atoms with van der Waals surface area (Å²) in [4.78, 5) is 9.05. The molecule has 1 rings (SSSR count). The number of halogens is 3. The van der Waals surface area contributed by atoms with Gasteiger partial charge >= 0.3 is 6.18 Å². The number of hydrogen-bond donors (Lipinski definition) is 1. The van der Waals surface area contributed by atoms with Crippen LogP contribution in [0.25, 0.3) is 0 Å². The smallest absolute Gasteiger partial charge is 0.385 e. The summed E-state index contributed by atoms with van der Waals surface area (Å²) >= 11 is 0. The lowest BCUT2D eigenvalue weighted by Gasteiger charge is -2.19. The maximum absolute atomic E-state index is 12.7. The van der Waals surface area contributed by atoms with Crippen LogP contribution >= 0.6 is 0 Å². The molecule has 8 heteroatoms. The number of hydrogen-bond acceptors (Lipinski definition) is 5. The topological polar surface area (TPSA) is 50.3 Å². The van der Waals surface area contributed by atoms with E-state index in [2.05, 4.69) is 15.3 Å². The van der Waals surface area contributed by atoms with Crippen LogP contribution in [-0.2, 0) is 10.9 Å². The molecule has 5 nitrogen and oxygen atoms in total. The van der Waals surface area contributed by atoms with Crippen LogP contribution in [0, 0.1) is 0 Å². The Labute approximate surface area is 109 Å². The normalized spacial score (nSPS) is 11.5. The monoisotopic (exact) mass is 278 g/mol.